The van der Waals surface area contributed by atoms with Crippen molar-refractivity contribution in [2.75, 3.05) is 6.61 Å². The highest BCUT2D eigenvalue weighted by Crippen LogP contribution is 2.30. The van der Waals surface area contributed by atoms with E-state index in [0.29, 0.717) is 37.1 Å². The highest BCUT2D eigenvalue weighted by atomic mass is 16.3. The van der Waals surface area contributed by atoms with Crippen LogP contribution in [-0.4, -0.2) is 74.8 Å². The van der Waals surface area contributed by atoms with Crippen LogP contribution in [0.1, 0.15) is 113 Å². The monoisotopic (exact) mass is 640 g/mol. The Labute approximate surface area is 271 Å². The van der Waals surface area contributed by atoms with Crippen molar-refractivity contribution in [3.63, 3.8) is 0 Å². The Morgan fingerprint density at radius 1 is 0.739 bits per heavy atom. The number of hydrogen-bond donors (Lipinski definition) is 7. The lowest BCUT2D eigenvalue weighted by Crippen LogP contribution is -2.62. The zero-order chi connectivity index (χ0) is 33.7. The molecule has 0 spiro atoms. The van der Waals surface area contributed by atoms with Gasteiger partial charge in [-0.3, -0.25) is 19.2 Å². The second kappa shape index (κ2) is 17.1. The fraction of sp³-hybridized carbons (Fsp3) is 0.618. The quantitative estimate of drug-likeness (QED) is 0.174. The fourth-order valence-corrected chi connectivity index (χ4v) is 6.02. The number of aromatic nitrogens is 2. The van der Waals surface area contributed by atoms with Crippen LogP contribution < -0.4 is 21.3 Å². The minimum absolute atomic E-state index is 0.0104. The molecule has 12 heteroatoms. The SMILES string of the molecule is CC(C)[C@@H](C=O)NC(=O)C1(NC(=O)c2ccc[nH]2)CCCCC1.CC(C)[C@@H](CO)NC(=O)C1(NC(=O)c2ccc[nH]2)CCCCC1. The molecule has 0 unspecified atom stereocenters. The third-order valence-electron chi connectivity index (χ3n) is 9.15. The molecule has 0 saturated heterocycles. The number of H-pyrrole nitrogens is 2. The lowest BCUT2D eigenvalue weighted by atomic mass is 9.80. The van der Waals surface area contributed by atoms with E-state index in [1.54, 1.807) is 36.7 Å². The summed E-state index contributed by atoms with van der Waals surface area (Å²) in [5.74, 6) is -0.871. The summed E-state index contributed by atoms with van der Waals surface area (Å²) in [4.78, 5) is 67.3. The molecule has 46 heavy (non-hydrogen) atoms. The summed E-state index contributed by atoms with van der Waals surface area (Å²) < 4.78 is 0. The molecule has 4 rings (SSSR count). The molecule has 0 aromatic carbocycles. The van der Waals surface area contributed by atoms with Crippen molar-refractivity contribution < 1.29 is 29.1 Å². The van der Waals surface area contributed by atoms with Crippen LogP contribution in [-0.2, 0) is 14.4 Å². The van der Waals surface area contributed by atoms with Gasteiger partial charge in [-0.1, -0.05) is 66.2 Å². The third kappa shape index (κ3) is 9.54. The van der Waals surface area contributed by atoms with E-state index in [-0.39, 0.29) is 48.1 Å². The van der Waals surface area contributed by atoms with Crippen molar-refractivity contribution >= 4 is 29.9 Å². The number of aliphatic hydroxyl groups excluding tert-OH is 1. The van der Waals surface area contributed by atoms with Gasteiger partial charge in [0.05, 0.1) is 18.7 Å². The van der Waals surface area contributed by atoms with Gasteiger partial charge in [0.15, 0.2) is 0 Å². The molecular formula is C34H52N6O6. The van der Waals surface area contributed by atoms with Crippen molar-refractivity contribution in [2.24, 2.45) is 11.8 Å². The lowest BCUT2D eigenvalue weighted by Gasteiger charge is -2.38. The second-order valence-electron chi connectivity index (χ2n) is 13.2. The topological polar surface area (TPSA) is 185 Å². The maximum atomic E-state index is 12.9. The number of amides is 4. The molecule has 12 nitrogen and oxygen atoms in total. The van der Waals surface area contributed by atoms with Crippen molar-refractivity contribution in [2.45, 2.75) is 115 Å². The van der Waals surface area contributed by atoms with Crippen LogP contribution in [0.2, 0.25) is 0 Å². The molecular weight excluding hydrogens is 588 g/mol. The van der Waals surface area contributed by atoms with Gasteiger partial charge in [0.1, 0.15) is 28.8 Å². The molecule has 0 bridgehead atoms. The third-order valence-corrected chi connectivity index (χ3v) is 9.15. The molecule has 0 aliphatic heterocycles. The molecule has 2 aromatic heterocycles. The molecule has 2 atom stereocenters. The van der Waals surface area contributed by atoms with Gasteiger partial charge < -0.3 is 41.1 Å². The number of aromatic amines is 2. The number of hydrogen-bond acceptors (Lipinski definition) is 6. The Kier molecular flexibility index (Phi) is 13.6. The van der Waals surface area contributed by atoms with Gasteiger partial charge in [-0.05, 0) is 61.8 Å². The van der Waals surface area contributed by atoms with Crippen molar-refractivity contribution in [3.05, 3.63) is 48.0 Å². The van der Waals surface area contributed by atoms with Crippen LogP contribution in [0.25, 0.3) is 0 Å². The van der Waals surface area contributed by atoms with Gasteiger partial charge in [0, 0.05) is 12.4 Å². The van der Waals surface area contributed by atoms with Crippen molar-refractivity contribution in [3.8, 4) is 0 Å². The zero-order valence-corrected chi connectivity index (χ0v) is 27.6. The van der Waals surface area contributed by atoms with Crippen LogP contribution in [0.4, 0.5) is 0 Å². The minimum Gasteiger partial charge on any atom is -0.394 e. The molecule has 2 heterocycles. The van der Waals surface area contributed by atoms with E-state index in [1.807, 2.05) is 27.7 Å². The number of aldehydes is 1. The molecule has 7 N–H and O–H groups in total. The maximum Gasteiger partial charge on any atom is 0.268 e. The summed E-state index contributed by atoms with van der Waals surface area (Å²) in [6, 6.07) is 6.01. The first-order valence-electron chi connectivity index (χ1n) is 16.6. The van der Waals surface area contributed by atoms with Crippen LogP contribution in [0.15, 0.2) is 36.7 Å². The average molecular weight is 641 g/mol. The van der Waals surface area contributed by atoms with Gasteiger partial charge in [-0.2, -0.15) is 0 Å². The summed E-state index contributed by atoms with van der Waals surface area (Å²) in [6.07, 6.45) is 12.2. The number of carbonyl (C=O) groups is 5. The van der Waals surface area contributed by atoms with Gasteiger partial charge in [0.2, 0.25) is 11.8 Å². The van der Waals surface area contributed by atoms with Crippen molar-refractivity contribution in [1.29, 1.82) is 0 Å². The Balaban J connectivity index is 0.000000250. The van der Waals surface area contributed by atoms with Crippen molar-refractivity contribution in [1.82, 2.24) is 31.2 Å². The highest BCUT2D eigenvalue weighted by Gasteiger charge is 2.43. The summed E-state index contributed by atoms with van der Waals surface area (Å²) in [7, 11) is 0. The van der Waals surface area contributed by atoms with Gasteiger partial charge in [0.25, 0.3) is 11.8 Å². The zero-order valence-electron chi connectivity index (χ0n) is 27.6. The Bertz CT molecular complexity index is 1260. The number of rotatable bonds is 12. The molecule has 254 valence electrons. The van der Waals surface area contributed by atoms with Gasteiger partial charge in [-0.25, -0.2) is 0 Å². The van der Waals surface area contributed by atoms with Crippen LogP contribution in [0, 0.1) is 11.8 Å². The first-order valence-corrected chi connectivity index (χ1v) is 16.6. The standard InChI is InChI=1S/C17H27N3O3.C17H25N3O3/c2*1-12(2)14(11-21)19-16(23)17(8-4-3-5-9-17)20-15(22)13-7-6-10-18-13/h6-7,10,12,14,18,21H,3-5,8-9,11H2,1-2H3,(H,19,23)(H,20,22);6-7,10-12,14,18H,3-5,8-9H2,1-2H3,(H,19,23)(H,20,22)/t2*14-/m11/s1. The Morgan fingerprint density at radius 3 is 1.50 bits per heavy atom. The van der Waals surface area contributed by atoms with E-state index in [1.165, 1.54) is 0 Å². The number of nitrogens with one attached hydrogen (secondary N) is 6. The lowest BCUT2D eigenvalue weighted by molar-refractivity contribution is -0.131. The summed E-state index contributed by atoms with van der Waals surface area (Å²) in [6.45, 7) is 7.55. The van der Waals surface area contributed by atoms with Gasteiger partial charge in [-0.15, -0.1) is 0 Å². The predicted octanol–water partition coefficient (Wildman–Crippen LogP) is 3.37. The highest BCUT2D eigenvalue weighted by molar-refractivity contribution is 5.99. The second-order valence-corrected chi connectivity index (χ2v) is 13.2. The maximum absolute atomic E-state index is 12.9. The summed E-state index contributed by atoms with van der Waals surface area (Å²) in [5, 5.41) is 21.0. The van der Waals surface area contributed by atoms with Gasteiger partial charge >= 0.3 is 0 Å². The minimum atomic E-state index is -0.934. The largest absolute Gasteiger partial charge is 0.394 e. The molecule has 2 fully saturated rings. The van der Waals surface area contributed by atoms with E-state index >= 15 is 0 Å². The average Bonchev–Trinajstić information content (AvgIpc) is 3.79. The molecule has 2 aliphatic carbocycles. The molecule has 2 aromatic rings. The van der Waals surface area contributed by atoms with E-state index in [2.05, 4.69) is 31.2 Å². The van der Waals surface area contributed by atoms with E-state index in [9.17, 15) is 29.1 Å². The molecule has 0 radical (unpaired) electrons. The Hall–Kier alpha value is -3.93. The molecule has 2 aliphatic rings. The normalized spacial score (nSPS) is 18.3. The number of aliphatic hydroxyl groups is 1. The predicted molar refractivity (Wildman–Crippen MR) is 175 cm³/mol. The van der Waals surface area contributed by atoms with Crippen LogP contribution in [0.3, 0.4) is 0 Å². The first-order chi connectivity index (χ1) is 22.0. The van der Waals surface area contributed by atoms with E-state index < -0.39 is 17.1 Å². The van der Waals surface area contributed by atoms with Crippen LogP contribution in [0.5, 0.6) is 0 Å². The summed E-state index contributed by atoms with van der Waals surface area (Å²) in [5.41, 5.74) is -0.942. The van der Waals surface area contributed by atoms with E-state index in [0.717, 1.165) is 44.8 Å². The molecule has 4 amide bonds. The number of carbonyl (C=O) groups excluding carboxylic acids is 5. The Morgan fingerprint density at radius 2 is 1.17 bits per heavy atom. The molecule has 2 saturated carbocycles. The first kappa shape index (κ1) is 36.5. The smallest absolute Gasteiger partial charge is 0.268 e. The summed E-state index contributed by atoms with van der Waals surface area (Å²) >= 11 is 0. The fourth-order valence-electron chi connectivity index (χ4n) is 6.02. The van der Waals surface area contributed by atoms with Crippen LogP contribution >= 0.6 is 0 Å². The van der Waals surface area contributed by atoms with E-state index in [4.69, 9.17) is 0 Å².